The smallest absolute Gasteiger partial charge is 0.319 e. The zero-order valence-electron chi connectivity index (χ0n) is 11.9. The first-order valence-corrected chi connectivity index (χ1v) is 7.43. The Hall–Kier alpha value is -2.14. The minimum Gasteiger partial charge on any atom is -0.436 e. The van der Waals surface area contributed by atoms with Crippen molar-refractivity contribution < 1.29 is 24.2 Å². The molecular formula is C17H16O5. The number of benzene rings is 1. The number of esters is 2. The molecule has 5 unspecified atom stereocenters. The summed E-state index contributed by atoms with van der Waals surface area (Å²) in [5.41, 5.74) is 1.91. The van der Waals surface area contributed by atoms with Gasteiger partial charge in [0.2, 0.25) is 6.29 Å². The van der Waals surface area contributed by atoms with E-state index >= 15 is 0 Å². The highest BCUT2D eigenvalue weighted by molar-refractivity contribution is 5.84. The summed E-state index contributed by atoms with van der Waals surface area (Å²) < 4.78 is 10.1. The maximum absolute atomic E-state index is 12.1. The molecule has 5 atom stereocenters. The van der Waals surface area contributed by atoms with E-state index in [2.05, 4.69) is 6.58 Å². The van der Waals surface area contributed by atoms with Crippen molar-refractivity contribution in [3.8, 4) is 0 Å². The van der Waals surface area contributed by atoms with Crippen molar-refractivity contribution in [3.05, 3.63) is 47.7 Å². The minimum absolute atomic E-state index is 0.0508. The number of fused-ring (bicyclic) bond motifs is 3. The summed E-state index contributed by atoms with van der Waals surface area (Å²) in [6.07, 6.45) is -0.267. The normalized spacial score (nSPS) is 36.6. The molecular weight excluding hydrogens is 284 g/mol. The molecule has 1 aromatic carbocycles. The maximum Gasteiger partial charge on any atom is 0.319 e. The van der Waals surface area contributed by atoms with Crippen LogP contribution < -0.4 is 0 Å². The number of ether oxygens (including phenoxy) is 2. The third-order valence-corrected chi connectivity index (χ3v) is 5.08. The predicted molar refractivity (Wildman–Crippen MR) is 75.5 cm³/mol. The maximum atomic E-state index is 12.1. The molecule has 5 nitrogen and oxygen atoms in total. The lowest BCUT2D eigenvalue weighted by molar-refractivity contribution is -0.156. The van der Waals surface area contributed by atoms with Gasteiger partial charge < -0.3 is 14.6 Å². The number of allylic oxidation sites excluding steroid dienone is 1. The second kappa shape index (κ2) is 4.68. The van der Waals surface area contributed by atoms with Crippen LogP contribution in [0.1, 0.15) is 35.8 Å². The van der Waals surface area contributed by atoms with Crippen LogP contribution >= 0.6 is 0 Å². The molecule has 5 heteroatoms. The molecule has 0 spiro atoms. The number of rotatable bonds is 1. The number of hydrogen-bond acceptors (Lipinski definition) is 5. The lowest BCUT2D eigenvalue weighted by atomic mass is 9.66. The fourth-order valence-electron chi connectivity index (χ4n) is 4.07. The Balaban J connectivity index is 1.79. The number of hydrogen-bond donors (Lipinski definition) is 1. The van der Waals surface area contributed by atoms with Crippen molar-refractivity contribution in [2.75, 3.05) is 0 Å². The number of carbonyl (C=O) groups excluding carboxylic acids is 2. The van der Waals surface area contributed by atoms with Crippen molar-refractivity contribution in [1.29, 1.82) is 0 Å². The zero-order valence-corrected chi connectivity index (χ0v) is 11.9. The van der Waals surface area contributed by atoms with Crippen LogP contribution in [0.25, 0.3) is 0 Å². The van der Waals surface area contributed by atoms with E-state index in [0.29, 0.717) is 12.2 Å². The molecule has 114 valence electrons. The molecule has 1 aliphatic carbocycles. The number of cyclic esters (lactones) is 2. The van der Waals surface area contributed by atoms with Crippen LogP contribution in [0.5, 0.6) is 0 Å². The highest BCUT2D eigenvalue weighted by Gasteiger charge is 2.51. The van der Waals surface area contributed by atoms with Crippen molar-refractivity contribution in [2.24, 2.45) is 11.8 Å². The van der Waals surface area contributed by atoms with Crippen LogP contribution in [-0.2, 0) is 19.1 Å². The van der Waals surface area contributed by atoms with Crippen molar-refractivity contribution >= 4 is 11.9 Å². The van der Waals surface area contributed by atoms with E-state index in [4.69, 9.17) is 9.47 Å². The average molecular weight is 300 g/mol. The predicted octanol–water partition coefficient (Wildman–Crippen LogP) is 1.83. The Morgan fingerprint density at radius 1 is 1.14 bits per heavy atom. The Morgan fingerprint density at radius 3 is 2.55 bits per heavy atom. The second-order valence-corrected chi connectivity index (χ2v) is 6.19. The average Bonchev–Trinajstić information content (AvgIpc) is 2.97. The van der Waals surface area contributed by atoms with Gasteiger partial charge in [0.05, 0.1) is 12.3 Å². The van der Waals surface area contributed by atoms with E-state index in [1.54, 1.807) is 0 Å². The zero-order chi connectivity index (χ0) is 15.4. The summed E-state index contributed by atoms with van der Waals surface area (Å²) in [5.74, 6) is -0.933. The van der Waals surface area contributed by atoms with E-state index in [9.17, 15) is 14.7 Å². The molecule has 2 aliphatic heterocycles. The molecule has 4 rings (SSSR count). The number of aliphatic hydroxyl groups excluding tert-OH is 1. The molecule has 0 amide bonds. The van der Waals surface area contributed by atoms with Gasteiger partial charge in [0.1, 0.15) is 5.76 Å². The van der Waals surface area contributed by atoms with E-state index in [1.807, 2.05) is 24.3 Å². The van der Waals surface area contributed by atoms with Gasteiger partial charge in [0.25, 0.3) is 0 Å². The molecule has 22 heavy (non-hydrogen) atoms. The van der Waals surface area contributed by atoms with Crippen molar-refractivity contribution in [3.63, 3.8) is 0 Å². The van der Waals surface area contributed by atoms with Crippen molar-refractivity contribution in [2.45, 2.75) is 31.0 Å². The quantitative estimate of drug-likeness (QED) is 0.801. The van der Waals surface area contributed by atoms with Crippen LogP contribution in [0.4, 0.5) is 0 Å². The molecule has 3 aliphatic rings. The fraction of sp³-hybridized carbons (Fsp3) is 0.412. The largest absolute Gasteiger partial charge is 0.436 e. The third-order valence-electron chi connectivity index (χ3n) is 5.08. The molecule has 2 heterocycles. The van der Waals surface area contributed by atoms with E-state index in [0.717, 1.165) is 11.1 Å². The van der Waals surface area contributed by atoms with Crippen LogP contribution in [0.15, 0.2) is 36.6 Å². The Morgan fingerprint density at radius 2 is 1.86 bits per heavy atom. The van der Waals surface area contributed by atoms with E-state index < -0.39 is 6.29 Å². The summed E-state index contributed by atoms with van der Waals surface area (Å²) in [7, 11) is 0. The van der Waals surface area contributed by atoms with Gasteiger partial charge in [-0.2, -0.15) is 0 Å². The minimum atomic E-state index is -1.09. The van der Waals surface area contributed by atoms with Gasteiger partial charge in [-0.3, -0.25) is 9.59 Å². The van der Waals surface area contributed by atoms with E-state index in [-0.39, 0.29) is 42.0 Å². The van der Waals surface area contributed by atoms with Crippen LogP contribution in [-0.4, -0.2) is 23.3 Å². The standard InChI is InChI=1S/C17H16O5/c1-8-11-6-12(13-7-14(18)22-16(13)19)9-4-2-3-5-10(9)15(11)17(20)21-8/h2-5,11-13,15-16,19H,1,6-7H2. The summed E-state index contributed by atoms with van der Waals surface area (Å²) >= 11 is 0. The first kappa shape index (κ1) is 13.5. The lowest BCUT2D eigenvalue weighted by Gasteiger charge is -2.35. The monoisotopic (exact) mass is 300 g/mol. The molecule has 0 bridgehead atoms. The van der Waals surface area contributed by atoms with Gasteiger partial charge in [0, 0.05) is 11.8 Å². The molecule has 2 fully saturated rings. The second-order valence-electron chi connectivity index (χ2n) is 6.19. The Labute approximate surface area is 127 Å². The summed E-state index contributed by atoms with van der Waals surface area (Å²) in [6.45, 7) is 3.85. The lowest BCUT2D eigenvalue weighted by Crippen LogP contribution is -2.31. The first-order valence-electron chi connectivity index (χ1n) is 7.43. The first-order chi connectivity index (χ1) is 10.6. The molecule has 1 aromatic rings. The molecule has 2 saturated heterocycles. The topological polar surface area (TPSA) is 72.8 Å². The summed E-state index contributed by atoms with van der Waals surface area (Å²) in [4.78, 5) is 23.6. The molecule has 1 N–H and O–H groups in total. The van der Waals surface area contributed by atoms with Gasteiger partial charge in [-0.05, 0) is 23.5 Å². The van der Waals surface area contributed by atoms with Gasteiger partial charge in [0.15, 0.2) is 0 Å². The van der Waals surface area contributed by atoms with Crippen LogP contribution in [0.3, 0.4) is 0 Å². The third kappa shape index (κ3) is 1.82. The van der Waals surface area contributed by atoms with Gasteiger partial charge >= 0.3 is 11.9 Å². The fourth-order valence-corrected chi connectivity index (χ4v) is 4.07. The highest BCUT2D eigenvalue weighted by atomic mass is 16.6. The molecule has 0 saturated carbocycles. The van der Waals surface area contributed by atoms with Gasteiger partial charge in [-0.25, -0.2) is 0 Å². The SMILES string of the molecule is C=C1OC(=O)C2c3ccccc3C(C3CC(=O)OC3O)CC12. The highest BCUT2D eigenvalue weighted by Crippen LogP contribution is 2.53. The Kier molecular flexibility index (Phi) is 2.87. The molecule has 0 aromatic heterocycles. The number of aliphatic hydroxyl groups is 1. The van der Waals surface area contributed by atoms with Gasteiger partial charge in [-0.1, -0.05) is 30.8 Å². The number of carbonyl (C=O) groups is 2. The van der Waals surface area contributed by atoms with E-state index in [1.165, 1.54) is 0 Å². The Bertz CT molecular complexity index is 679. The van der Waals surface area contributed by atoms with Crippen LogP contribution in [0, 0.1) is 11.8 Å². The van der Waals surface area contributed by atoms with Gasteiger partial charge in [-0.15, -0.1) is 0 Å². The van der Waals surface area contributed by atoms with Crippen molar-refractivity contribution in [1.82, 2.24) is 0 Å². The molecule has 0 radical (unpaired) electrons. The van der Waals surface area contributed by atoms with Crippen LogP contribution in [0.2, 0.25) is 0 Å². The summed E-state index contributed by atoms with van der Waals surface area (Å²) in [6, 6.07) is 7.67. The summed E-state index contributed by atoms with van der Waals surface area (Å²) in [5, 5.41) is 10.0.